The first-order valence-corrected chi connectivity index (χ1v) is 4.47. The van der Waals surface area contributed by atoms with E-state index in [4.69, 9.17) is 5.73 Å². The van der Waals surface area contributed by atoms with Crippen molar-refractivity contribution < 1.29 is 0 Å². The maximum Gasteiger partial charge on any atom is 0.00413 e. The molecule has 1 aliphatic rings. The van der Waals surface area contributed by atoms with E-state index in [0.29, 0.717) is 6.04 Å². The summed E-state index contributed by atoms with van der Waals surface area (Å²) in [5.74, 6) is 1.67. The van der Waals surface area contributed by atoms with Crippen molar-refractivity contribution in [1.82, 2.24) is 0 Å². The Hall–Kier alpha value is -0.0400. The summed E-state index contributed by atoms with van der Waals surface area (Å²) in [6, 6.07) is 0.412. The van der Waals surface area contributed by atoms with Gasteiger partial charge in [0, 0.05) is 6.04 Å². The van der Waals surface area contributed by atoms with Gasteiger partial charge in [-0.15, -0.1) is 0 Å². The van der Waals surface area contributed by atoms with Gasteiger partial charge in [-0.1, -0.05) is 26.2 Å². The van der Waals surface area contributed by atoms with Crippen molar-refractivity contribution in [3.8, 4) is 0 Å². The van der Waals surface area contributed by atoms with E-state index in [-0.39, 0.29) is 0 Å². The Morgan fingerprint density at radius 3 is 2.30 bits per heavy atom. The zero-order chi connectivity index (χ0) is 7.56. The van der Waals surface area contributed by atoms with E-state index in [9.17, 15) is 0 Å². The van der Waals surface area contributed by atoms with Gasteiger partial charge in [-0.2, -0.15) is 0 Å². The Balaban J connectivity index is 2.40. The van der Waals surface area contributed by atoms with E-state index in [0.717, 1.165) is 11.8 Å². The van der Waals surface area contributed by atoms with Gasteiger partial charge < -0.3 is 5.73 Å². The van der Waals surface area contributed by atoms with Gasteiger partial charge in [-0.3, -0.25) is 0 Å². The van der Waals surface area contributed by atoms with Crippen LogP contribution in [0.25, 0.3) is 0 Å². The van der Waals surface area contributed by atoms with Crippen molar-refractivity contribution in [3.63, 3.8) is 0 Å². The van der Waals surface area contributed by atoms with E-state index >= 15 is 0 Å². The molecule has 1 fully saturated rings. The highest BCUT2D eigenvalue weighted by Crippen LogP contribution is 2.30. The zero-order valence-corrected chi connectivity index (χ0v) is 7.14. The third-order valence-corrected chi connectivity index (χ3v) is 2.85. The monoisotopic (exact) mass is 141 g/mol. The third kappa shape index (κ3) is 1.72. The van der Waals surface area contributed by atoms with Crippen molar-refractivity contribution in [1.29, 1.82) is 0 Å². The minimum Gasteiger partial charge on any atom is -0.328 e. The summed E-state index contributed by atoms with van der Waals surface area (Å²) in [4.78, 5) is 0. The lowest BCUT2D eigenvalue weighted by Gasteiger charge is -2.31. The molecule has 60 valence electrons. The summed E-state index contributed by atoms with van der Waals surface area (Å²) >= 11 is 0. The van der Waals surface area contributed by atoms with Crippen LogP contribution in [0.2, 0.25) is 0 Å². The van der Waals surface area contributed by atoms with Crippen LogP contribution in [0.3, 0.4) is 0 Å². The molecule has 0 amide bonds. The molecule has 0 aromatic rings. The van der Waals surface area contributed by atoms with Crippen LogP contribution in [0, 0.1) is 11.8 Å². The summed E-state index contributed by atoms with van der Waals surface area (Å²) in [6.45, 7) is 4.49. The van der Waals surface area contributed by atoms with Gasteiger partial charge in [-0.25, -0.2) is 0 Å². The van der Waals surface area contributed by atoms with Crippen LogP contribution in [0.5, 0.6) is 0 Å². The van der Waals surface area contributed by atoms with Gasteiger partial charge in [0.15, 0.2) is 0 Å². The van der Waals surface area contributed by atoms with Crippen LogP contribution in [-0.2, 0) is 0 Å². The smallest absolute Gasteiger partial charge is 0.00413 e. The molecule has 0 saturated heterocycles. The van der Waals surface area contributed by atoms with Crippen LogP contribution >= 0.6 is 0 Å². The molecule has 0 unspecified atom stereocenters. The van der Waals surface area contributed by atoms with E-state index in [1.807, 2.05) is 0 Å². The number of hydrogen-bond acceptors (Lipinski definition) is 1. The molecule has 1 nitrogen and oxygen atoms in total. The molecular weight excluding hydrogens is 122 g/mol. The minimum absolute atomic E-state index is 0.412. The zero-order valence-electron chi connectivity index (χ0n) is 7.14. The molecule has 0 radical (unpaired) electrons. The molecule has 0 bridgehead atoms. The van der Waals surface area contributed by atoms with Gasteiger partial charge in [0.1, 0.15) is 0 Å². The van der Waals surface area contributed by atoms with E-state index in [1.165, 1.54) is 25.7 Å². The summed E-state index contributed by atoms with van der Waals surface area (Å²) in [5.41, 5.74) is 5.86. The molecule has 1 aliphatic carbocycles. The summed E-state index contributed by atoms with van der Waals surface area (Å²) < 4.78 is 0. The topological polar surface area (TPSA) is 26.0 Å². The first kappa shape index (κ1) is 8.06. The second-order valence-corrected chi connectivity index (χ2v) is 3.78. The lowest BCUT2D eigenvalue weighted by atomic mass is 9.77. The number of rotatable bonds is 1. The van der Waals surface area contributed by atoms with E-state index in [1.54, 1.807) is 0 Å². The molecule has 1 rings (SSSR count). The molecule has 0 aliphatic heterocycles. The number of nitrogens with two attached hydrogens (primary N) is 1. The molecule has 0 aromatic heterocycles. The average Bonchev–Trinajstić information content (AvgIpc) is 1.88. The molecule has 2 N–H and O–H groups in total. The van der Waals surface area contributed by atoms with Crippen LogP contribution in [-0.4, -0.2) is 6.04 Å². The van der Waals surface area contributed by atoms with Crippen molar-refractivity contribution >= 4 is 0 Å². The average molecular weight is 141 g/mol. The standard InChI is InChI=1S/C9H19N/c1-7-5-3-4-6-9(7)8(2)10/h7-9H,3-6,10H2,1-2H3/t7-,8+,9-/m1/s1. The summed E-state index contributed by atoms with van der Waals surface area (Å²) in [6.07, 6.45) is 5.58. The first-order chi connectivity index (χ1) is 4.72. The first-order valence-electron chi connectivity index (χ1n) is 4.47. The van der Waals surface area contributed by atoms with Gasteiger partial charge in [0.25, 0.3) is 0 Å². The van der Waals surface area contributed by atoms with Crippen LogP contribution < -0.4 is 5.73 Å². The van der Waals surface area contributed by atoms with Gasteiger partial charge in [-0.05, 0) is 25.2 Å². The molecule has 1 saturated carbocycles. The van der Waals surface area contributed by atoms with Crippen molar-refractivity contribution in [3.05, 3.63) is 0 Å². The molecule has 10 heavy (non-hydrogen) atoms. The normalized spacial score (nSPS) is 37.5. The Morgan fingerprint density at radius 1 is 1.30 bits per heavy atom. The van der Waals surface area contributed by atoms with Crippen molar-refractivity contribution in [2.24, 2.45) is 17.6 Å². The predicted molar refractivity (Wildman–Crippen MR) is 44.8 cm³/mol. The van der Waals surface area contributed by atoms with Crippen molar-refractivity contribution in [2.45, 2.75) is 45.6 Å². The fraction of sp³-hybridized carbons (Fsp3) is 1.00. The maximum absolute atomic E-state index is 5.86. The molecule has 0 spiro atoms. The largest absolute Gasteiger partial charge is 0.328 e. The maximum atomic E-state index is 5.86. The van der Waals surface area contributed by atoms with Crippen LogP contribution in [0.15, 0.2) is 0 Å². The minimum atomic E-state index is 0.412. The third-order valence-electron chi connectivity index (χ3n) is 2.85. The Morgan fingerprint density at radius 2 is 1.90 bits per heavy atom. The van der Waals surface area contributed by atoms with Gasteiger partial charge >= 0.3 is 0 Å². The molecule has 3 atom stereocenters. The quantitative estimate of drug-likeness (QED) is 0.595. The second kappa shape index (κ2) is 3.38. The fourth-order valence-corrected chi connectivity index (χ4v) is 2.13. The molecule has 0 aromatic carbocycles. The highest BCUT2D eigenvalue weighted by molar-refractivity contribution is 4.77. The molecule has 1 heteroatoms. The Labute approximate surface area is 64.0 Å². The Bertz CT molecular complexity index is 98.9. The highest BCUT2D eigenvalue weighted by atomic mass is 14.6. The number of hydrogen-bond donors (Lipinski definition) is 1. The fourth-order valence-electron chi connectivity index (χ4n) is 2.13. The van der Waals surface area contributed by atoms with Gasteiger partial charge in [0.2, 0.25) is 0 Å². The van der Waals surface area contributed by atoms with Crippen LogP contribution in [0.4, 0.5) is 0 Å². The second-order valence-electron chi connectivity index (χ2n) is 3.78. The van der Waals surface area contributed by atoms with Crippen molar-refractivity contribution in [2.75, 3.05) is 0 Å². The van der Waals surface area contributed by atoms with Gasteiger partial charge in [0.05, 0.1) is 0 Å². The lowest BCUT2D eigenvalue weighted by molar-refractivity contribution is 0.225. The predicted octanol–water partition coefficient (Wildman–Crippen LogP) is 2.16. The van der Waals surface area contributed by atoms with E-state index < -0.39 is 0 Å². The Kier molecular flexibility index (Phi) is 2.72. The van der Waals surface area contributed by atoms with Crippen LogP contribution in [0.1, 0.15) is 39.5 Å². The summed E-state index contributed by atoms with van der Waals surface area (Å²) in [7, 11) is 0. The highest BCUT2D eigenvalue weighted by Gasteiger charge is 2.23. The molecule has 0 heterocycles. The lowest BCUT2D eigenvalue weighted by Crippen LogP contribution is -2.33. The SMILES string of the molecule is C[C@H](N)[C@@H]1CCCC[C@H]1C. The summed E-state index contributed by atoms with van der Waals surface area (Å²) in [5, 5.41) is 0. The van der Waals surface area contributed by atoms with E-state index in [2.05, 4.69) is 13.8 Å². The molecular formula is C9H19N.